The van der Waals surface area contributed by atoms with Gasteiger partial charge in [-0.2, -0.15) is 0 Å². The van der Waals surface area contributed by atoms with Crippen molar-refractivity contribution in [3.8, 4) is 5.75 Å². The molecule has 2 aliphatic rings. The Bertz CT molecular complexity index is 1280. The highest BCUT2D eigenvalue weighted by Gasteiger charge is 2.42. The van der Waals surface area contributed by atoms with Crippen LogP contribution in [0.15, 0.2) is 81.2 Å². The summed E-state index contributed by atoms with van der Waals surface area (Å²) in [6.07, 6.45) is 4.96. The predicted octanol–water partition coefficient (Wildman–Crippen LogP) is 5.63. The van der Waals surface area contributed by atoms with Crippen LogP contribution in [0.1, 0.15) is 43.7 Å². The highest BCUT2D eigenvalue weighted by molar-refractivity contribution is 6.00. The van der Waals surface area contributed by atoms with E-state index < -0.39 is 11.5 Å². The zero-order valence-corrected chi connectivity index (χ0v) is 17.0. The minimum atomic E-state index is -0.492. The summed E-state index contributed by atoms with van der Waals surface area (Å²) in [4.78, 5) is 26.1. The summed E-state index contributed by atoms with van der Waals surface area (Å²) in [5.41, 5.74) is 1.81. The summed E-state index contributed by atoms with van der Waals surface area (Å²) in [5, 5.41) is 0.743. The Hall–Kier alpha value is -3.40. The van der Waals surface area contributed by atoms with E-state index in [9.17, 15) is 9.59 Å². The quantitative estimate of drug-likeness (QED) is 0.525. The molecule has 30 heavy (non-hydrogen) atoms. The van der Waals surface area contributed by atoms with Crippen LogP contribution in [0.5, 0.6) is 5.75 Å². The molecule has 1 aliphatic carbocycles. The van der Waals surface area contributed by atoms with Crippen molar-refractivity contribution >= 4 is 22.8 Å². The summed E-state index contributed by atoms with van der Waals surface area (Å²) < 4.78 is 11.9. The summed E-state index contributed by atoms with van der Waals surface area (Å²) >= 11 is 0. The number of benzene rings is 2. The van der Waals surface area contributed by atoms with Gasteiger partial charge in [0.1, 0.15) is 17.1 Å². The number of ketones is 1. The maximum Gasteiger partial charge on any atom is 0.344 e. The number of allylic oxidation sites excluding steroid dienone is 3. The Kier molecular flexibility index (Phi) is 4.24. The van der Waals surface area contributed by atoms with Crippen molar-refractivity contribution in [3.05, 3.63) is 93.6 Å². The van der Waals surface area contributed by atoms with Gasteiger partial charge in [-0.25, -0.2) is 4.79 Å². The molecule has 4 nitrogen and oxygen atoms in total. The largest absolute Gasteiger partial charge is 0.460 e. The molecule has 2 aromatic carbocycles. The zero-order valence-electron chi connectivity index (χ0n) is 17.0. The molecule has 0 radical (unpaired) electrons. The van der Waals surface area contributed by atoms with Crippen LogP contribution in [0.2, 0.25) is 0 Å². The number of carbonyl (C=O) groups excluding carboxylic acids is 1. The first-order valence-corrected chi connectivity index (χ1v) is 10.2. The average molecular weight is 398 g/mol. The molecule has 2 heterocycles. The first-order valence-electron chi connectivity index (χ1n) is 10.2. The molecule has 0 N–H and O–H groups in total. The van der Waals surface area contributed by atoms with Crippen molar-refractivity contribution in [3.63, 3.8) is 0 Å². The minimum absolute atomic E-state index is 0.0298. The van der Waals surface area contributed by atoms with Crippen LogP contribution in [0.3, 0.4) is 0 Å². The molecule has 1 aliphatic heterocycles. The second kappa shape index (κ2) is 6.84. The van der Waals surface area contributed by atoms with Crippen LogP contribution in [-0.4, -0.2) is 5.78 Å². The molecule has 0 bridgehead atoms. The van der Waals surface area contributed by atoms with Crippen molar-refractivity contribution in [2.45, 2.75) is 32.6 Å². The van der Waals surface area contributed by atoms with Crippen molar-refractivity contribution < 1.29 is 13.9 Å². The van der Waals surface area contributed by atoms with Crippen molar-refractivity contribution in [2.75, 3.05) is 0 Å². The third kappa shape index (κ3) is 3.09. The predicted molar refractivity (Wildman–Crippen MR) is 116 cm³/mol. The van der Waals surface area contributed by atoms with Crippen LogP contribution < -0.4 is 10.4 Å². The Balaban J connectivity index is 1.75. The van der Waals surface area contributed by atoms with E-state index in [2.05, 4.69) is 13.8 Å². The molecule has 1 unspecified atom stereocenters. The lowest BCUT2D eigenvalue weighted by Crippen LogP contribution is -2.34. The summed E-state index contributed by atoms with van der Waals surface area (Å²) in [5.74, 6) is 0.714. The van der Waals surface area contributed by atoms with Crippen LogP contribution in [0.25, 0.3) is 17.0 Å². The molecule has 0 fully saturated rings. The van der Waals surface area contributed by atoms with E-state index in [1.165, 1.54) is 0 Å². The molecule has 4 heteroatoms. The van der Waals surface area contributed by atoms with E-state index >= 15 is 0 Å². The Morgan fingerprint density at radius 2 is 1.70 bits per heavy atom. The maximum absolute atomic E-state index is 13.1. The van der Waals surface area contributed by atoms with Gasteiger partial charge >= 0.3 is 5.63 Å². The number of carbonyl (C=O) groups is 1. The molecule has 1 atom stereocenters. The van der Waals surface area contributed by atoms with E-state index in [0.29, 0.717) is 41.1 Å². The third-order valence-electron chi connectivity index (χ3n) is 5.81. The molecular weight excluding hydrogens is 376 g/mol. The number of para-hydroxylation sites is 1. The van der Waals surface area contributed by atoms with Crippen molar-refractivity contribution in [1.82, 2.24) is 0 Å². The topological polar surface area (TPSA) is 56.5 Å². The molecule has 150 valence electrons. The molecule has 0 saturated carbocycles. The number of rotatable bonds is 2. The van der Waals surface area contributed by atoms with Gasteiger partial charge in [0, 0.05) is 24.3 Å². The van der Waals surface area contributed by atoms with Crippen molar-refractivity contribution in [1.29, 1.82) is 0 Å². The normalized spacial score (nSPS) is 20.2. The summed E-state index contributed by atoms with van der Waals surface area (Å²) in [6.45, 7) is 4.14. The number of Topliss-reactive ketones (excluding diaryl/α,β-unsaturated/α-hetero) is 1. The maximum atomic E-state index is 13.1. The molecule has 1 aromatic heterocycles. The first kappa shape index (κ1) is 18.6. The van der Waals surface area contributed by atoms with E-state index in [-0.39, 0.29) is 11.2 Å². The molecule has 0 amide bonds. The Morgan fingerprint density at radius 3 is 2.50 bits per heavy atom. The molecule has 0 saturated heterocycles. The highest BCUT2D eigenvalue weighted by atomic mass is 16.5. The number of ether oxygens (including phenoxy) is 1. The highest BCUT2D eigenvalue weighted by Crippen LogP contribution is 2.49. The second-order valence-electron chi connectivity index (χ2n) is 8.76. The van der Waals surface area contributed by atoms with Gasteiger partial charge in [0.05, 0.1) is 10.9 Å². The standard InChI is InChI=1S/C26H22O4/c1-26(2)14-19(27)22-18(13-12-16-8-4-3-5-9-16)23-24(29-21(22)15-26)17-10-6-7-11-20(17)30-25(23)28/h3-13,18H,14-15H2,1-2H3/b13-12+. The fourth-order valence-electron chi connectivity index (χ4n) is 4.46. The monoisotopic (exact) mass is 398 g/mol. The van der Waals surface area contributed by atoms with Crippen LogP contribution in [0.4, 0.5) is 0 Å². The van der Waals surface area contributed by atoms with Gasteiger partial charge in [-0.05, 0) is 23.1 Å². The molecular formula is C26H22O4. The van der Waals surface area contributed by atoms with Crippen LogP contribution in [-0.2, 0) is 4.79 Å². The zero-order chi connectivity index (χ0) is 20.9. The van der Waals surface area contributed by atoms with Gasteiger partial charge in [-0.15, -0.1) is 0 Å². The fourth-order valence-corrected chi connectivity index (χ4v) is 4.46. The third-order valence-corrected chi connectivity index (χ3v) is 5.81. The minimum Gasteiger partial charge on any atom is -0.460 e. The lowest BCUT2D eigenvalue weighted by Gasteiger charge is -2.37. The second-order valence-corrected chi connectivity index (χ2v) is 8.76. The lowest BCUT2D eigenvalue weighted by molar-refractivity contribution is -0.118. The summed E-state index contributed by atoms with van der Waals surface area (Å²) in [7, 11) is 0. The Morgan fingerprint density at radius 1 is 0.967 bits per heavy atom. The van der Waals surface area contributed by atoms with E-state index in [1.54, 1.807) is 6.07 Å². The average Bonchev–Trinajstić information content (AvgIpc) is 2.71. The van der Waals surface area contributed by atoms with Crippen LogP contribution >= 0.6 is 0 Å². The fraction of sp³-hybridized carbons (Fsp3) is 0.231. The molecule has 5 rings (SSSR count). The molecule has 3 aromatic rings. The van der Waals surface area contributed by atoms with Gasteiger partial charge in [-0.1, -0.05) is 68.5 Å². The first-order chi connectivity index (χ1) is 14.4. The van der Waals surface area contributed by atoms with Crippen LogP contribution in [0, 0.1) is 5.41 Å². The van der Waals surface area contributed by atoms with Gasteiger partial charge in [-0.3, -0.25) is 4.79 Å². The van der Waals surface area contributed by atoms with Gasteiger partial charge in [0.15, 0.2) is 5.78 Å². The van der Waals surface area contributed by atoms with Gasteiger partial charge < -0.3 is 9.15 Å². The number of hydrogen-bond acceptors (Lipinski definition) is 4. The van der Waals surface area contributed by atoms with E-state index in [1.807, 2.05) is 60.7 Å². The Labute approximate surface area is 174 Å². The smallest absolute Gasteiger partial charge is 0.344 e. The molecule has 0 spiro atoms. The lowest BCUT2D eigenvalue weighted by atomic mass is 9.71. The van der Waals surface area contributed by atoms with E-state index in [4.69, 9.17) is 9.15 Å². The van der Waals surface area contributed by atoms with E-state index in [0.717, 1.165) is 10.9 Å². The summed E-state index contributed by atoms with van der Waals surface area (Å²) in [6, 6.07) is 17.2. The van der Waals surface area contributed by atoms with Crippen molar-refractivity contribution in [2.24, 2.45) is 5.41 Å². The van der Waals surface area contributed by atoms with Gasteiger partial charge in [0.2, 0.25) is 0 Å². The SMILES string of the molecule is CC1(C)CC(=O)C2=C(C1)Oc1c(c(=O)oc3ccccc13)C2/C=C/c1ccccc1. The number of hydrogen-bond donors (Lipinski definition) is 0. The number of fused-ring (bicyclic) bond motifs is 3. The van der Waals surface area contributed by atoms with Gasteiger partial charge in [0.25, 0.3) is 0 Å².